The Balaban J connectivity index is 1.67. The number of aromatic nitrogens is 2. The fourth-order valence-corrected chi connectivity index (χ4v) is 6.05. The number of hydrogen-bond acceptors (Lipinski definition) is 3. The van der Waals surface area contributed by atoms with Gasteiger partial charge in [0.2, 0.25) is 0 Å². The van der Waals surface area contributed by atoms with Crippen LogP contribution in [0, 0.1) is 13.8 Å². The third-order valence-corrected chi connectivity index (χ3v) is 8.66. The molecule has 4 nitrogen and oxygen atoms in total. The largest absolute Gasteiger partial charge is 0.342 e. The number of rotatable bonds is 6. The number of imidazole rings is 1. The van der Waals surface area contributed by atoms with E-state index in [2.05, 4.69) is 143 Å². The summed E-state index contributed by atoms with van der Waals surface area (Å²) in [6.45, 7) is 22.0. The number of aromatic amines is 1. The highest BCUT2D eigenvalue weighted by molar-refractivity contribution is 5.57. The normalized spacial score (nSPS) is 15.8. The van der Waals surface area contributed by atoms with Gasteiger partial charge < -0.3 is 10.3 Å². The van der Waals surface area contributed by atoms with Gasteiger partial charge in [-0.25, -0.2) is 4.98 Å². The molecule has 1 unspecified atom stereocenters. The van der Waals surface area contributed by atoms with Gasteiger partial charge in [-0.1, -0.05) is 120 Å². The van der Waals surface area contributed by atoms with Crippen molar-refractivity contribution < 1.29 is 0 Å². The molecular formula is C37H48N4. The van der Waals surface area contributed by atoms with Crippen LogP contribution < -0.4 is 5.32 Å². The van der Waals surface area contributed by atoms with Crippen molar-refractivity contribution in [3.8, 4) is 11.4 Å². The third-order valence-electron chi connectivity index (χ3n) is 8.66. The first-order valence-electron chi connectivity index (χ1n) is 15.2. The lowest BCUT2D eigenvalue weighted by Crippen LogP contribution is -2.47. The maximum Gasteiger partial charge on any atom is 0.137 e. The molecule has 41 heavy (non-hydrogen) atoms. The fraction of sp³-hybridized carbons (Fsp3) is 0.432. The molecule has 0 aliphatic carbocycles. The van der Waals surface area contributed by atoms with Crippen LogP contribution in [0.5, 0.6) is 0 Å². The smallest absolute Gasteiger partial charge is 0.137 e. The number of piperazine rings is 1. The van der Waals surface area contributed by atoms with Gasteiger partial charge in [0.15, 0.2) is 0 Å². The first-order chi connectivity index (χ1) is 19.4. The minimum atomic E-state index is 0.105. The van der Waals surface area contributed by atoms with Crippen molar-refractivity contribution in [3.05, 3.63) is 112 Å². The number of nitrogens with one attached hydrogen (secondary N) is 2. The Labute approximate surface area is 247 Å². The van der Waals surface area contributed by atoms with Crippen LogP contribution in [0.1, 0.15) is 92.7 Å². The van der Waals surface area contributed by atoms with E-state index in [0.29, 0.717) is 0 Å². The Morgan fingerprint density at radius 2 is 1.17 bits per heavy atom. The molecule has 1 saturated heterocycles. The third kappa shape index (κ3) is 6.50. The molecule has 0 spiro atoms. The average molecular weight is 549 g/mol. The van der Waals surface area contributed by atoms with Gasteiger partial charge in [-0.05, 0) is 46.9 Å². The lowest BCUT2D eigenvalue weighted by Gasteiger charge is -2.39. The summed E-state index contributed by atoms with van der Waals surface area (Å²) in [5, 5.41) is 3.57. The second-order valence-electron chi connectivity index (χ2n) is 13.9. The summed E-state index contributed by atoms with van der Waals surface area (Å²) >= 11 is 0. The molecule has 0 saturated carbocycles. The Hall–Kier alpha value is -3.21. The Kier molecular flexibility index (Phi) is 8.27. The predicted molar refractivity (Wildman–Crippen MR) is 173 cm³/mol. The maximum atomic E-state index is 5.35. The van der Waals surface area contributed by atoms with Crippen molar-refractivity contribution in [1.29, 1.82) is 0 Å². The van der Waals surface area contributed by atoms with Gasteiger partial charge in [0, 0.05) is 43.4 Å². The van der Waals surface area contributed by atoms with E-state index in [0.717, 1.165) is 49.0 Å². The van der Waals surface area contributed by atoms with Crippen LogP contribution in [0.15, 0.2) is 72.8 Å². The molecule has 216 valence electrons. The van der Waals surface area contributed by atoms with Gasteiger partial charge in [-0.15, -0.1) is 0 Å². The monoisotopic (exact) mass is 548 g/mol. The minimum Gasteiger partial charge on any atom is -0.342 e. The highest BCUT2D eigenvalue weighted by Crippen LogP contribution is 2.43. The van der Waals surface area contributed by atoms with Crippen LogP contribution in [0.2, 0.25) is 0 Å². The van der Waals surface area contributed by atoms with E-state index >= 15 is 0 Å². The van der Waals surface area contributed by atoms with Crippen molar-refractivity contribution in [3.63, 3.8) is 0 Å². The lowest BCUT2D eigenvalue weighted by atomic mass is 9.78. The lowest BCUT2D eigenvalue weighted by molar-refractivity contribution is 0.156. The summed E-state index contributed by atoms with van der Waals surface area (Å²) < 4.78 is 0. The molecule has 1 aliphatic heterocycles. The van der Waals surface area contributed by atoms with E-state index in [1.54, 1.807) is 0 Å². The van der Waals surface area contributed by atoms with Crippen LogP contribution in [0.4, 0.5) is 0 Å². The molecule has 0 bridgehead atoms. The Morgan fingerprint density at radius 3 is 1.63 bits per heavy atom. The molecule has 5 rings (SSSR count). The highest BCUT2D eigenvalue weighted by Gasteiger charge is 2.36. The van der Waals surface area contributed by atoms with Crippen LogP contribution in [-0.2, 0) is 10.8 Å². The summed E-state index contributed by atoms with van der Waals surface area (Å²) in [6, 6.07) is 27.5. The van der Waals surface area contributed by atoms with Crippen LogP contribution in [-0.4, -0.2) is 41.0 Å². The van der Waals surface area contributed by atoms with Crippen molar-refractivity contribution in [2.75, 3.05) is 26.2 Å². The molecule has 3 aromatic carbocycles. The molecule has 4 aromatic rings. The quantitative estimate of drug-likeness (QED) is 0.256. The van der Waals surface area contributed by atoms with Crippen molar-refractivity contribution in [1.82, 2.24) is 20.2 Å². The van der Waals surface area contributed by atoms with Crippen LogP contribution >= 0.6 is 0 Å². The van der Waals surface area contributed by atoms with E-state index in [-0.39, 0.29) is 22.8 Å². The minimum absolute atomic E-state index is 0.105. The van der Waals surface area contributed by atoms with Crippen molar-refractivity contribution >= 4 is 0 Å². The number of aryl methyl sites for hydroxylation is 2. The number of benzene rings is 3. The van der Waals surface area contributed by atoms with E-state index in [9.17, 15) is 0 Å². The maximum absolute atomic E-state index is 5.35. The second-order valence-corrected chi connectivity index (χ2v) is 13.9. The van der Waals surface area contributed by atoms with Gasteiger partial charge in [-0.3, -0.25) is 4.90 Å². The first kappa shape index (κ1) is 29.3. The highest BCUT2D eigenvalue weighted by atomic mass is 15.2. The number of nitrogens with zero attached hydrogens (tertiary/aromatic N) is 2. The van der Waals surface area contributed by atoms with E-state index in [1.807, 2.05) is 0 Å². The van der Waals surface area contributed by atoms with Crippen molar-refractivity contribution in [2.24, 2.45) is 0 Å². The van der Waals surface area contributed by atoms with Gasteiger partial charge in [0.25, 0.3) is 0 Å². The first-order valence-corrected chi connectivity index (χ1v) is 15.2. The molecule has 2 heterocycles. The average Bonchev–Trinajstić information content (AvgIpc) is 3.32. The number of hydrogen-bond donors (Lipinski definition) is 2. The Morgan fingerprint density at radius 1 is 0.683 bits per heavy atom. The van der Waals surface area contributed by atoms with Gasteiger partial charge in [0.05, 0.1) is 11.7 Å². The molecular weight excluding hydrogens is 500 g/mol. The molecule has 0 amide bonds. The molecule has 1 aliphatic rings. The SMILES string of the molecule is Cc1ccc(-c2nc(C(C(c3ccc(C(C)(C)C)cc3)c3ccc(C(C)(C)C)cc3)N3CCNCC3)c(C)[nH]2)cc1. The molecule has 1 fully saturated rings. The zero-order chi connectivity index (χ0) is 29.4. The molecule has 0 radical (unpaired) electrons. The molecule has 4 heteroatoms. The van der Waals surface area contributed by atoms with Gasteiger partial charge in [-0.2, -0.15) is 0 Å². The summed E-state index contributed by atoms with van der Waals surface area (Å²) in [7, 11) is 0. The molecule has 1 aromatic heterocycles. The van der Waals surface area contributed by atoms with Gasteiger partial charge in [0.1, 0.15) is 5.82 Å². The second kappa shape index (κ2) is 11.6. The fourth-order valence-electron chi connectivity index (χ4n) is 6.05. The van der Waals surface area contributed by atoms with Gasteiger partial charge >= 0.3 is 0 Å². The van der Waals surface area contributed by atoms with Crippen LogP contribution in [0.3, 0.4) is 0 Å². The topological polar surface area (TPSA) is 44.0 Å². The molecule has 1 atom stereocenters. The summed E-state index contributed by atoms with van der Waals surface area (Å²) in [5.74, 6) is 1.09. The van der Waals surface area contributed by atoms with E-state index in [1.165, 1.54) is 27.8 Å². The van der Waals surface area contributed by atoms with Crippen LogP contribution in [0.25, 0.3) is 11.4 Å². The zero-order valence-electron chi connectivity index (χ0n) is 26.3. The van der Waals surface area contributed by atoms with Crippen molar-refractivity contribution in [2.45, 2.75) is 78.2 Å². The summed E-state index contributed by atoms with van der Waals surface area (Å²) in [5.41, 5.74) is 10.3. The van der Waals surface area contributed by atoms with E-state index < -0.39 is 0 Å². The standard InChI is InChI=1S/C37H48N4/c1-25-9-11-29(12-10-25)35-39-26(2)33(40-35)34(41-23-21-38-22-24-41)32(27-13-17-30(18-14-27)36(3,4)5)28-15-19-31(20-16-28)37(6,7)8/h9-20,32,34,38H,21-24H2,1-8H3,(H,39,40). The summed E-state index contributed by atoms with van der Waals surface area (Å²) in [4.78, 5) is 11.7. The number of H-pyrrole nitrogens is 1. The molecule has 2 N–H and O–H groups in total. The zero-order valence-corrected chi connectivity index (χ0v) is 26.3. The summed E-state index contributed by atoms with van der Waals surface area (Å²) in [6.07, 6.45) is 0. The Bertz CT molecular complexity index is 1370. The van der Waals surface area contributed by atoms with E-state index in [4.69, 9.17) is 4.98 Å². The predicted octanol–water partition coefficient (Wildman–Crippen LogP) is 8.07.